The largest absolute Gasteiger partial charge is 0.308 e. The van der Waals surface area contributed by atoms with Gasteiger partial charge in [0.15, 0.2) is 0 Å². The number of pyridine rings is 1. The first-order valence-electron chi connectivity index (χ1n) is 8.57. The molecular formula is C21H20N2OS. The third-order valence-electron chi connectivity index (χ3n) is 4.66. The molecule has 2 unspecified atom stereocenters. The van der Waals surface area contributed by atoms with Crippen molar-refractivity contribution in [3.05, 3.63) is 66.2 Å². The van der Waals surface area contributed by atoms with Crippen LogP contribution in [0, 0.1) is 0 Å². The zero-order chi connectivity index (χ0) is 17.4. The molecule has 1 aromatic heterocycles. The standard InChI is InChI=1S/C21H20N2OS/c1-14-13-17-8-4-6-10-19(17)23(14)21(24)15(2)25-20-12-11-16-7-3-5-9-18(16)22-20/h3-12,14-15H,13H2,1-2H3. The van der Waals surface area contributed by atoms with E-state index in [2.05, 4.69) is 24.0 Å². The average molecular weight is 348 g/mol. The molecule has 4 rings (SSSR count). The quantitative estimate of drug-likeness (QED) is 0.644. The van der Waals surface area contributed by atoms with Crippen molar-refractivity contribution >= 4 is 34.3 Å². The van der Waals surface area contributed by atoms with Gasteiger partial charge in [0.25, 0.3) is 0 Å². The summed E-state index contributed by atoms with van der Waals surface area (Å²) in [6, 6.07) is 20.5. The minimum absolute atomic E-state index is 0.150. The lowest BCUT2D eigenvalue weighted by Crippen LogP contribution is -2.40. The lowest BCUT2D eigenvalue weighted by molar-refractivity contribution is -0.118. The van der Waals surface area contributed by atoms with Crippen molar-refractivity contribution in [3.63, 3.8) is 0 Å². The number of carbonyl (C=O) groups excluding carboxylic acids is 1. The Morgan fingerprint density at radius 2 is 1.88 bits per heavy atom. The molecule has 0 fully saturated rings. The first-order chi connectivity index (χ1) is 12.1. The van der Waals surface area contributed by atoms with Crippen LogP contribution in [0.15, 0.2) is 65.7 Å². The highest BCUT2D eigenvalue weighted by atomic mass is 32.2. The van der Waals surface area contributed by atoms with Crippen LogP contribution in [0.2, 0.25) is 0 Å². The number of rotatable bonds is 3. The second kappa shape index (κ2) is 6.52. The molecule has 3 nitrogen and oxygen atoms in total. The second-order valence-electron chi connectivity index (χ2n) is 6.49. The minimum atomic E-state index is -0.178. The van der Waals surface area contributed by atoms with E-state index in [4.69, 9.17) is 0 Å². The van der Waals surface area contributed by atoms with E-state index in [1.165, 1.54) is 17.3 Å². The monoisotopic (exact) mass is 348 g/mol. The highest BCUT2D eigenvalue weighted by Gasteiger charge is 2.33. The maximum atomic E-state index is 13.1. The lowest BCUT2D eigenvalue weighted by Gasteiger charge is -2.25. The van der Waals surface area contributed by atoms with Gasteiger partial charge >= 0.3 is 0 Å². The number of fused-ring (bicyclic) bond motifs is 2. The van der Waals surface area contributed by atoms with Gasteiger partial charge in [-0.1, -0.05) is 54.2 Å². The van der Waals surface area contributed by atoms with Crippen LogP contribution in [0.4, 0.5) is 5.69 Å². The third kappa shape index (κ3) is 3.02. The van der Waals surface area contributed by atoms with Crippen LogP contribution in [-0.2, 0) is 11.2 Å². The Morgan fingerprint density at radius 3 is 2.76 bits per heavy atom. The van der Waals surface area contributed by atoms with Crippen molar-refractivity contribution in [2.75, 3.05) is 4.90 Å². The van der Waals surface area contributed by atoms with Gasteiger partial charge < -0.3 is 4.90 Å². The zero-order valence-electron chi connectivity index (χ0n) is 14.3. The van der Waals surface area contributed by atoms with Gasteiger partial charge in [0, 0.05) is 17.1 Å². The normalized spacial score (nSPS) is 17.5. The molecule has 0 radical (unpaired) electrons. The number of carbonyl (C=O) groups is 1. The summed E-state index contributed by atoms with van der Waals surface area (Å²) in [7, 11) is 0. The zero-order valence-corrected chi connectivity index (χ0v) is 15.2. The van der Waals surface area contributed by atoms with Gasteiger partial charge in [-0.3, -0.25) is 4.79 Å². The van der Waals surface area contributed by atoms with Crippen molar-refractivity contribution in [2.24, 2.45) is 0 Å². The highest BCUT2D eigenvalue weighted by molar-refractivity contribution is 8.00. The summed E-state index contributed by atoms with van der Waals surface area (Å²) in [5.74, 6) is 0.150. The van der Waals surface area contributed by atoms with Crippen molar-refractivity contribution in [3.8, 4) is 0 Å². The van der Waals surface area contributed by atoms with E-state index in [-0.39, 0.29) is 17.2 Å². The number of thioether (sulfide) groups is 1. The number of nitrogens with zero attached hydrogens (tertiary/aromatic N) is 2. The number of benzene rings is 2. The van der Waals surface area contributed by atoms with E-state index in [0.717, 1.165) is 28.0 Å². The van der Waals surface area contributed by atoms with Gasteiger partial charge in [-0.2, -0.15) is 0 Å². The maximum absolute atomic E-state index is 13.1. The molecule has 0 bridgehead atoms. The summed E-state index contributed by atoms with van der Waals surface area (Å²) in [4.78, 5) is 19.7. The summed E-state index contributed by atoms with van der Waals surface area (Å²) < 4.78 is 0. The SMILES string of the molecule is CC(Sc1ccc2ccccc2n1)C(=O)N1c2ccccc2CC1C. The lowest BCUT2D eigenvalue weighted by atomic mass is 10.1. The molecule has 126 valence electrons. The van der Waals surface area contributed by atoms with Crippen LogP contribution in [0.5, 0.6) is 0 Å². The Balaban J connectivity index is 1.56. The molecule has 2 atom stereocenters. The molecule has 1 aliphatic rings. The number of aromatic nitrogens is 1. The Kier molecular flexibility index (Phi) is 4.22. The summed E-state index contributed by atoms with van der Waals surface area (Å²) in [6.45, 7) is 4.08. The summed E-state index contributed by atoms with van der Waals surface area (Å²) in [5, 5.41) is 1.83. The van der Waals surface area contributed by atoms with Gasteiger partial charge in [0.05, 0.1) is 15.8 Å². The summed E-state index contributed by atoms with van der Waals surface area (Å²) >= 11 is 1.53. The summed E-state index contributed by atoms with van der Waals surface area (Å²) in [5.41, 5.74) is 3.27. The van der Waals surface area contributed by atoms with Gasteiger partial charge in [-0.05, 0) is 44.0 Å². The topological polar surface area (TPSA) is 33.2 Å². The molecule has 25 heavy (non-hydrogen) atoms. The van der Waals surface area contributed by atoms with Crippen LogP contribution in [0.3, 0.4) is 0 Å². The molecule has 0 N–H and O–H groups in total. The van der Waals surface area contributed by atoms with E-state index >= 15 is 0 Å². The maximum Gasteiger partial charge on any atom is 0.240 e. The molecule has 3 aromatic rings. The number of para-hydroxylation sites is 2. The average Bonchev–Trinajstić information content (AvgIpc) is 2.96. The molecule has 0 spiro atoms. The summed E-state index contributed by atoms with van der Waals surface area (Å²) in [6.07, 6.45) is 0.924. The third-order valence-corrected chi connectivity index (χ3v) is 5.69. The van der Waals surface area contributed by atoms with Crippen molar-refractivity contribution in [2.45, 2.75) is 36.6 Å². The number of amides is 1. The molecule has 2 heterocycles. The Bertz CT molecular complexity index is 940. The van der Waals surface area contributed by atoms with Crippen LogP contribution < -0.4 is 4.90 Å². The second-order valence-corrected chi connectivity index (χ2v) is 7.85. The fourth-order valence-electron chi connectivity index (χ4n) is 3.44. The highest BCUT2D eigenvalue weighted by Crippen LogP contribution is 2.34. The van der Waals surface area contributed by atoms with E-state index < -0.39 is 0 Å². The fourth-order valence-corrected chi connectivity index (χ4v) is 4.32. The van der Waals surface area contributed by atoms with Gasteiger partial charge in [0.1, 0.15) is 0 Å². The van der Waals surface area contributed by atoms with Gasteiger partial charge in [0.2, 0.25) is 5.91 Å². The smallest absolute Gasteiger partial charge is 0.240 e. The number of anilines is 1. The van der Waals surface area contributed by atoms with E-state index in [1.807, 2.05) is 60.4 Å². The molecule has 0 saturated heterocycles. The Labute approximate surface area is 152 Å². The first kappa shape index (κ1) is 16.2. The molecule has 1 amide bonds. The van der Waals surface area contributed by atoms with Crippen LogP contribution in [0.25, 0.3) is 10.9 Å². The molecule has 0 saturated carbocycles. The predicted octanol–water partition coefficient (Wildman–Crippen LogP) is 4.69. The number of hydrogen-bond acceptors (Lipinski definition) is 3. The van der Waals surface area contributed by atoms with E-state index in [1.54, 1.807) is 0 Å². The minimum Gasteiger partial charge on any atom is -0.308 e. The molecular weight excluding hydrogens is 328 g/mol. The van der Waals surface area contributed by atoms with Crippen molar-refractivity contribution in [1.29, 1.82) is 0 Å². The van der Waals surface area contributed by atoms with Crippen LogP contribution >= 0.6 is 11.8 Å². The number of hydrogen-bond donors (Lipinski definition) is 0. The predicted molar refractivity (Wildman–Crippen MR) is 104 cm³/mol. The van der Waals surface area contributed by atoms with Crippen LogP contribution in [0.1, 0.15) is 19.4 Å². The Hall–Kier alpha value is -2.33. The van der Waals surface area contributed by atoms with Gasteiger partial charge in [-0.25, -0.2) is 4.98 Å². The first-order valence-corrected chi connectivity index (χ1v) is 9.45. The van der Waals surface area contributed by atoms with E-state index in [0.29, 0.717) is 0 Å². The molecule has 4 heteroatoms. The van der Waals surface area contributed by atoms with Crippen LogP contribution in [-0.4, -0.2) is 22.2 Å². The fraction of sp³-hybridized carbons (Fsp3) is 0.238. The van der Waals surface area contributed by atoms with Gasteiger partial charge in [-0.15, -0.1) is 0 Å². The molecule has 1 aliphatic heterocycles. The Morgan fingerprint density at radius 1 is 1.12 bits per heavy atom. The van der Waals surface area contributed by atoms with Crippen molar-refractivity contribution in [1.82, 2.24) is 4.98 Å². The molecule has 2 aromatic carbocycles. The van der Waals surface area contributed by atoms with Crippen molar-refractivity contribution < 1.29 is 4.79 Å². The van der Waals surface area contributed by atoms with E-state index in [9.17, 15) is 4.79 Å². The molecule has 0 aliphatic carbocycles.